The minimum absolute atomic E-state index is 0.107. The second kappa shape index (κ2) is 4.09. The first-order valence-corrected chi connectivity index (χ1v) is 4.29. The van der Waals surface area contributed by atoms with Crippen molar-refractivity contribution in [3.8, 4) is 0 Å². The summed E-state index contributed by atoms with van der Waals surface area (Å²) in [5, 5.41) is 0. The average molecular weight is 197 g/mol. The first-order chi connectivity index (χ1) is 6.56. The van der Waals surface area contributed by atoms with Gasteiger partial charge < -0.3 is 10.5 Å². The average Bonchev–Trinajstić information content (AvgIpc) is 2.11. The van der Waals surface area contributed by atoms with Gasteiger partial charge in [0.05, 0.1) is 12.2 Å². The summed E-state index contributed by atoms with van der Waals surface area (Å²) in [6.45, 7) is 3.43. The number of nitrogen functional groups attached to an aromatic ring is 1. The van der Waals surface area contributed by atoms with Gasteiger partial charge in [0.2, 0.25) is 0 Å². The van der Waals surface area contributed by atoms with Crippen molar-refractivity contribution in [3.63, 3.8) is 0 Å². The molecule has 4 heteroatoms. The molecule has 3 nitrogen and oxygen atoms in total. The van der Waals surface area contributed by atoms with E-state index in [1.807, 2.05) is 0 Å². The molecule has 0 unspecified atom stereocenters. The maximum Gasteiger partial charge on any atom is 0.341 e. The van der Waals surface area contributed by atoms with E-state index >= 15 is 0 Å². The summed E-state index contributed by atoms with van der Waals surface area (Å²) in [4.78, 5) is 11.3. The lowest BCUT2D eigenvalue weighted by atomic mass is 10.1. The van der Waals surface area contributed by atoms with Crippen LogP contribution in [0.3, 0.4) is 0 Å². The highest BCUT2D eigenvalue weighted by Gasteiger charge is 2.15. The van der Waals surface area contributed by atoms with Crippen LogP contribution >= 0.6 is 0 Å². The zero-order valence-corrected chi connectivity index (χ0v) is 8.13. The van der Waals surface area contributed by atoms with Crippen LogP contribution in [0.15, 0.2) is 12.1 Å². The molecule has 0 bridgehead atoms. The number of carbonyl (C=O) groups is 1. The number of rotatable bonds is 2. The number of carbonyl (C=O) groups excluding carboxylic acids is 1. The number of hydrogen-bond donors (Lipinski definition) is 1. The summed E-state index contributed by atoms with van der Waals surface area (Å²) in [5.74, 6) is -1.25. The van der Waals surface area contributed by atoms with Gasteiger partial charge in [-0.1, -0.05) is 0 Å². The van der Waals surface area contributed by atoms with E-state index in [1.165, 1.54) is 12.1 Å². The minimum atomic E-state index is -0.680. The van der Waals surface area contributed by atoms with Gasteiger partial charge >= 0.3 is 5.97 Å². The Labute approximate surface area is 81.7 Å². The Morgan fingerprint density at radius 1 is 1.57 bits per heavy atom. The molecule has 0 aliphatic rings. The molecule has 1 aromatic carbocycles. The zero-order chi connectivity index (χ0) is 10.7. The van der Waals surface area contributed by atoms with E-state index in [0.29, 0.717) is 11.3 Å². The van der Waals surface area contributed by atoms with Gasteiger partial charge in [-0.25, -0.2) is 9.18 Å². The molecule has 2 N–H and O–H groups in total. The monoisotopic (exact) mass is 197 g/mol. The van der Waals surface area contributed by atoms with Gasteiger partial charge in [0.15, 0.2) is 0 Å². The van der Waals surface area contributed by atoms with Crippen molar-refractivity contribution in [2.45, 2.75) is 13.8 Å². The molecule has 0 radical (unpaired) electrons. The quantitative estimate of drug-likeness (QED) is 0.581. The van der Waals surface area contributed by atoms with Crippen LogP contribution in [-0.2, 0) is 4.74 Å². The largest absolute Gasteiger partial charge is 0.462 e. The molecule has 0 heterocycles. The van der Waals surface area contributed by atoms with Crippen LogP contribution in [0.2, 0.25) is 0 Å². The molecule has 0 aliphatic carbocycles. The first-order valence-electron chi connectivity index (χ1n) is 4.29. The Morgan fingerprint density at radius 3 is 2.79 bits per heavy atom. The van der Waals surface area contributed by atoms with E-state index in [1.54, 1.807) is 13.8 Å². The third-order valence-electron chi connectivity index (χ3n) is 1.77. The van der Waals surface area contributed by atoms with Crippen molar-refractivity contribution in [1.29, 1.82) is 0 Å². The third kappa shape index (κ3) is 2.02. The predicted octanol–water partition coefficient (Wildman–Crippen LogP) is 1.89. The van der Waals surface area contributed by atoms with Gasteiger partial charge in [0.25, 0.3) is 0 Å². The van der Waals surface area contributed by atoms with Gasteiger partial charge in [0.1, 0.15) is 5.82 Å². The summed E-state index contributed by atoms with van der Waals surface area (Å²) >= 11 is 0. The zero-order valence-electron chi connectivity index (χ0n) is 8.13. The van der Waals surface area contributed by atoms with Gasteiger partial charge in [-0.3, -0.25) is 0 Å². The Balaban J connectivity index is 3.13. The topological polar surface area (TPSA) is 52.3 Å². The van der Waals surface area contributed by atoms with Crippen molar-refractivity contribution in [1.82, 2.24) is 0 Å². The van der Waals surface area contributed by atoms with Gasteiger partial charge in [-0.2, -0.15) is 0 Å². The summed E-state index contributed by atoms with van der Waals surface area (Å²) in [7, 11) is 0. The molecule has 0 aromatic heterocycles. The second-order valence-corrected chi connectivity index (χ2v) is 2.92. The van der Waals surface area contributed by atoms with Crippen LogP contribution in [0.1, 0.15) is 22.8 Å². The Kier molecular flexibility index (Phi) is 3.06. The highest BCUT2D eigenvalue weighted by Crippen LogP contribution is 2.17. The molecule has 0 saturated carbocycles. The minimum Gasteiger partial charge on any atom is -0.462 e. The fraction of sp³-hybridized carbons (Fsp3) is 0.300. The number of benzene rings is 1. The Bertz CT molecular complexity index is 363. The van der Waals surface area contributed by atoms with Crippen LogP contribution in [0.4, 0.5) is 10.1 Å². The first kappa shape index (κ1) is 10.5. The van der Waals surface area contributed by atoms with Crippen molar-refractivity contribution < 1.29 is 13.9 Å². The fourth-order valence-corrected chi connectivity index (χ4v) is 1.15. The van der Waals surface area contributed by atoms with E-state index in [2.05, 4.69) is 4.74 Å². The highest BCUT2D eigenvalue weighted by molar-refractivity contribution is 5.91. The van der Waals surface area contributed by atoms with E-state index in [9.17, 15) is 9.18 Å². The number of ether oxygens (including phenoxy) is 1. The summed E-state index contributed by atoms with van der Waals surface area (Å²) in [6.07, 6.45) is 0. The van der Waals surface area contributed by atoms with Gasteiger partial charge in [-0.15, -0.1) is 0 Å². The lowest BCUT2D eigenvalue weighted by Crippen LogP contribution is -2.09. The van der Waals surface area contributed by atoms with Crippen LogP contribution in [0.25, 0.3) is 0 Å². The Morgan fingerprint density at radius 2 is 2.21 bits per heavy atom. The molecular weight excluding hydrogens is 185 g/mol. The molecule has 0 spiro atoms. The molecule has 0 aliphatic heterocycles. The molecule has 0 atom stereocenters. The van der Waals surface area contributed by atoms with Crippen LogP contribution in [0, 0.1) is 12.7 Å². The van der Waals surface area contributed by atoms with Crippen molar-refractivity contribution in [2.24, 2.45) is 0 Å². The van der Waals surface area contributed by atoms with Crippen molar-refractivity contribution in [2.75, 3.05) is 12.3 Å². The van der Waals surface area contributed by atoms with E-state index in [-0.39, 0.29) is 12.2 Å². The SMILES string of the molecule is CCOC(=O)c1cc(N)cc(C)c1F. The maximum absolute atomic E-state index is 13.4. The molecule has 1 rings (SSSR count). The molecule has 76 valence electrons. The fourth-order valence-electron chi connectivity index (χ4n) is 1.15. The lowest BCUT2D eigenvalue weighted by molar-refractivity contribution is 0.0521. The highest BCUT2D eigenvalue weighted by atomic mass is 19.1. The molecule has 14 heavy (non-hydrogen) atoms. The smallest absolute Gasteiger partial charge is 0.341 e. The molecular formula is C10H12FNO2. The number of anilines is 1. The lowest BCUT2D eigenvalue weighted by Gasteiger charge is -2.06. The van der Waals surface area contributed by atoms with E-state index < -0.39 is 11.8 Å². The standard InChI is InChI=1S/C10H12FNO2/c1-3-14-10(13)8-5-7(12)4-6(2)9(8)11/h4-5H,3,12H2,1-2H3. The molecule has 0 fully saturated rings. The van der Waals surface area contributed by atoms with Crippen LogP contribution < -0.4 is 5.73 Å². The normalized spacial score (nSPS) is 9.93. The molecule has 1 aromatic rings. The van der Waals surface area contributed by atoms with Crippen molar-refractivity contribution in [3.05, 3.63) is 29.1 Å². The summed E-state index contributed by atoms with van der Waals surface area (Å²) in [5.41, 5.74) is 6.08. The number of halogens is 1. The number of aryl methyl sites for hydroxylation is 1. The number of nitrogens with two attached hydrogens (primary N) is 1. The van der Waals surface area contributed by atoms with Crippen LogP contribution in [-0.4, -0.2) is 12.6 Å². The third-order valence-corrected chi connectivity index (χ3v) is 1.77. The molecule has 0 saturated heterocycles. The van der Waals surface area contributed by atoms with Gasteiger partial charge in [-0.05, 0) is 31.5 Å². The van der Waals surface area contributed by atoms with E-state index in [4.69, 9.17) is 5.73 Å². The van der Waals surface area contributed by atoms with Gasteiger partial charge in [0, 0.05) is 5.69 Å². The van der Waals surface area contributed by atoms with Crippen LogP contribution in [0.5, 0.6) is 0 Å². The maximum atomic E-state index is 13.4. The number of esters is 1. The summed E-state index contributed by atoms with van der Waals surface area (Å²) in [6, 6.07) is 2.75. The van der Waals surface area contributed by atoms with Crippen molar-refractivity contribution >= 4 is 11.7 Å². The predicted molar refractivity (Wildman–Crippen MR) is 51.5 cm³/mol. The number of hydrogen-bond acceptors (Lipinski definition) is 3. The summed E-state index contributed by atoms with van der Waals surface area (Å²) < 4.78 is 18.1. The second-order valence-electron chi connectivity index (χ2n) is 2.92. The Hall–Kier alpha value is -1.58. The molecule has 0 amide bonds. The van der Waals surface area contributed by atoms with E-state index in [0.717, 1.165) is 0 Å².